The van der Waals surface area contributed by atoms with Gasteiger partial charge in [-0.25, -0.2) is 4.98 Å². The molecule has 0 aromatic carbocycles. The van der Waals surface area contributed by atoms with Crippen LogP contribution in [0.15, 0.2) is 28.4 Å². The molecule has 26 heavy (non-hydrogen) atoms. The highest BCUT2D eigenvalue weighted by Crippen LogP contribution is 2.33. The van der Waals surface area contributed by atoms with E-state index in [1.54, 1.807) is 12.4 Å². The fourth-order valence-corrected chi connectivity index (χ4v) is 3.92. The topological polar surface area (TPSA) is 99.9 Å². The summed E-state index contributed by atoms with van der Waals surface area (Å²) in [5.41, 5.74) is 2.84. The number of piperidine rings is 1. The van der Waals surface area contributed by atoms with Crippen molar-refractivity contribution in [3.05, 3.63) is 35.2 Å². The van der Waals surface area contributed by atoms with E-state index in [1.807, 2.05) is 18.4 Å². The molecule has 3 aromatic heterocycles. The van der Waals surface area contributed by atoms with Crippen LogP contribution < -0.4 is 5.32 Å². The third-order valence-electron chi connectivity index (χ3n) is 4.52. The Morgan fingerprint density at radius 1 is 1.54 bits per heavy atom. The molecule has 1 aliphatic rings. The van der Waals surface area contributed by atoms with Crippen LogP contribution in [-0.4, -0.2) is 50.8 Å². The Morgan fingerprint density at radius 3 is 3.23 bits per heavy atom. The summed E-state index contributed by atoms with van der Waals surface area (Å²) in [5.74, 6) is 0.973. The average molecular weight is 372 g/mol. The summed E-state index contributed by atoms with van der Waals surface area (Å²) in [6, 6.07) is 1.91. The molecule has 4 rings (SSSR count). The second-order valence-electron chi connectivity index (χ2n) is 6.49. The Labute approximate surface area is 154 Å². The molecule has 4 heterocycles. The van der Waals surface area contributed by atoms with Gasteiger partial charge in [0.2, 0.25) is 5.91 Å². The summed E-state index contributed by atoms with van der Waals surface area (Å²) < 4.78 is 5.40. The molecule has 1 fully saturated rings. The average Bonchev–Trinajstić information content (AvgIpc) is 3.36. The number of rotatable bonds is 5. The van der Waals surface area contributed by atoms with Gasteiger partial charge >= 0.3 is 0 Å². The van der Waals surface area contributed by atoms with Gasteiger partial charge in [0.1, 0.15) is 0 Å². The molecule has 1 saturated heterocycles. The first kappa shape index (κ1) is 16.9. The number of aryl methyl sites for hydroxylation is 1. The number of aromatic nitrogens is 4. The molecule has 0 aliphatic carbocycles. The predicted molar refractivity (Wildman–Crippen MR) is 98.0 cm³/mol. The summed E-state index contributed by atoms with van der Waals surface area (Å²) >= 11 is 1.42. The Balaban J connectivity index is 1.43. The maximum atomic E-state index is 12.2. The van der Waals surface area contributed by atoms with E-state index in [9.17, 15) is 4.79 Å². The summed E-state index contributed by atoms with van der Waals surface area (Å²) in [5, 5.41) is 16.6. The largest absolute Gasteiger partial charge is 0.356 e. The van der Waals surface area contributed by atoms with Gasteiger partial charge in [-0.3, -0.25) is 14.8 Å². The minimum atomic E-state index is -0.0312. The van der Waals surface area contributed by atoms with Gasteiger partial charge in [0.05, 0.1) is 29.7 Å². The van der Waals surface area contributed by atoms with Gasteiger partial charge in [-0.05, 0) is 26.3 Å². The number of likely N-dealkylation sites (tertiary alicyclic amines) is 1. The van der Waals surface area contributed by atoms with Gasteiger partial charge in [0.15, 0.2) is 10.9 Å². The lowest BCUT2D eigenvalue weighted by molar-refractivity contribution is -0.117. The van der Waals surface area contributed by atoms with Crippen LogP contribution in [0.4, 0.5) is 5.13 Å². The van der Waals surface area contributed by atoms with Crippen LogP contribution in [0.2, 0.25) is 0 Å². The highest BCUT2D eigenvalue weighted by atomic mass is 32.1. The second-order valence-corrected chi connectivity index (χ2v) is 7.38. The molecule has 0 spiro atoms. The first-order valence-electron chi connectivity index (χ1n) is 8.57. The molecule has 1 amide bonds. The zero-order valence-electron chi connectivity index (χ0n) is 14.4. The molecule has 0 saturated carbocycles. The van der Waals surface area contributed by atoms with Crippen molar-refractivity contribution in [1.29, 1.82) is 0 Å². The lowest BCUT2D eigenvalue weighted by Crippen LogP contribution is -2.40. The van der Waals surface area contributed by atoms with E-state index in [-0.39, 0.29) is 11.8 Å². The van der Waals surface area contributed by atoms with E-state index < -0.39 is 0 Å². The van der Waals surface area contributed by atoms with Crippen LogP contribution in [0.5, 0.6) is 0 Å². The first-order chi connectivity index (χ1) is 12.7. The maximum absolute atomic E-state index is 12.2. The van der Waals surface area contributed by atoms with Gasteiger partial charge < -0.3 is 9.84 Å². The molecule has 2 N–H and O–H groups in total. The van der Waals surface area contributed by atoms with E-state index in [4.69, 9.17) is 4.52 Å². The van der Waals surface area contributed by atoms with Crippen LogP contribution in [-0.2, 0) is 4.79 Å². The maximum Gasteiger partial charge on any atom is 0.240 e. The smallest absolute Gasteiger partial charge is 0.240 e. The number of hydrogen-bond donors (Lipinski definition) is 2. The van der Waals surface area contributed by atoms with Crippen molar-refractivity contribution < 1.29 is 9.32 Å². The van der Waals surface area contributed by atoms with Crippen LogP contribution >= 0.6 is 11.3 Å². The Kier molecular flexibility index (Phi) is 4.81. The highest BCUT2D eigenvalue weighted by molar-refractivity contribution is 7.13. The number of H-pyrrole nitrogens is 1. The van der Waals surface area contributed by atoms with E-state index in [2.05, 4.69) is 30.6 Å². The molecular formula is C17H20N6O2S. The lowest BCUT2D eigenvalue weighted by Gasteiger charge is -2.31. The Hall–Kier alpha value is -2.52. The summed E-state index contributed by atoms with van der Waals surface area (Å²) in [6.45, 7) is 3.97. The monoisotopic (exact) mass is 372 g/mol. The number of thiazole rings is 1. The Morgan fingerprint density at radius 2 is 2.46 bits per heavy atom. The lowest BCUT2D eigenvalue weighted by atomic mass is 9.92. The molecule has 1 atom stereocenters. The third-order valence-corrected chi connectivity index (χ3v) is 5.21. The van der Waals surface area contributed by atoms with Crippen LogP contribution in [0, 0.1) is 6.92 Å². The van der Waals surface area contributed by atoms with E-state index >= 15 is 0 Å². The van der Waals surface area contributed by atoms with Crippen molar-refractivity contribution in [3.63, 3.8) is 0 Å². The number of amides is 1. The van der Waals surface area contributed by atoms with Crippen LogP contribution in [0.1, 0.15) is 30.1 Å². The zero-order chi connectivity index (χ0) is 17.9. The second kappa shape index (κ2) is 7.38. The van der Waals surface area contributed by atoms with Gasteiger partial charge in [-0.2, -0.15) is 5.10 Å². The Bertz CT molecular complexity index is 872. The van der Waals surface area contributed by atoms with Crippen LogP contribution in [0.3, 0.4) is 0 Å². The number of nitrogens with zero attached hydrogens (tertiary/aromatic N) is 4. The van der Waals surface area contributed by atoms with E-state index in [0.717, 1.165) is 48.6 Å². The molecular weight excluding hydrogens is 352 g/mol. The first-order valence-corrected chi connectivity index (χ1v) is 9.45. The normalized spacial score (nSPS) is 18.1. The molecule has 1 aliphatic heterocycles. The fraction of sp³-hybridized carbons (Fsp3) is 0.412. The predicted octanol–water partition coefficient (Wildman–Crippen LogP) is 2.65. The minimum absolute atomic E-state index is 0.0312. The zero-order valence-corrected chi connectivity index (χ0v) is 15.3. The van der Waals surface area contributed by atoms with E-state index in [1.165, 1.54) is 11.3 Å². The van der Waals surface area contributed by atoms with Crippen molar-refractivity contribution in [2.45, 2.75) is 25.7 Å². The minimum Gasteiger partial charge on any atom is -0.356 e. The number of carbonyl (C=O) groups excluding carboxylic acids is 1. The number of anilines is 1. The molecule has 0 unspecified atom stereocenters. The molecule has 9 heteroatoms. The number of aromatic amines is 1. The summed E-state index contributed by atoms with van der Waals surface area (Å²) in [6.07, 6.45) is 5.54. The summed E-state index contributed by atoms with van der Waals surface area (Å²) in [7, 11) is 0. The van der Waals surface area contributed by atoms with Gasteiger partial charge in [-0.15, -0.1) is 11.3 Å². The number of carbonyl (C=O) groups is 1. The third kappa shape index (κ3) is 3.68. The highest BCUT2D eigenvalue weighted by Gasteiger charge is 2.27. The quantitative estimate of drug-likeness (QED) is 0.714. The fourth-order valence-electron chi connectivity index (χ4n) is 3.38. The molecule has 0 radical (unpaired) electrons. The number of nitrogens with one attached hydrogen (secondary N) is 2. The van der Waals surface area contributed by atoms with Gasteiger partial charge in [0.25, 0.3) is 0 Å². The summed E-state index contributed by atoms with van der Waals surface area (Å²) in [4.78, 5) is 18.5. The van der Waals surface area contributed by atoms with Crippen molar-refractivity contribution in [2.24, 2.45) is 0 Å². The SMILES string of the molecule is Cc1cc(-c2cn[nH]c2[C@H]2CCCN(CC(=O)Nc3nccs3)C2)on1. The van der Waals surface area contributed by atoms with Crippen molar-refractivity contribution in [2.75, 3.05) is 25.0 Å². The van der Waals surface area contributed by atoms with Gasteiger partial charge in [0, 0.05) is 30.1 Å². The van der Waals surface area contributed by atoms with E-state index in [0.29, 0.717) is 11.7 Å². The molecule has 136 valence electrons. The molecule has 0 bridgehead atoms. The molecule has 3 aromatic rings. The standard InChI is InChI=1S/C17H20N6O2S/c1-11-7-14(25-22-11)13-8-19-21-16(13)12-3-2-5-23(9-12)10-15(24)20-17-18-4-6-26-17/h4,6-8,12H,2-3,5,9-10H2,1H3,(H,19,21)(H,18,20,24)/t12-/m0/s1. The van der Waals surface area contributed by atoms with Gasteiger partial charge in [-0.1, -0.05) is 5.16 Å². The van der Waals surface area contributed by atoms with Crippen molar-refractivity contribution >= 4 is 22.4 Å². The van der Waals surface area contributed by atoms with Crippen LogP contribution in [0.25, 0.3) is 11.3 Å². The van der Waals surface area contributed by atoms with Crippen molar-refractivity contribution in [1.82, 2.24) is 25.2 Å². The van der Waals surface area contributed by atoms with Crippen molar-refractivity contribution in [3.8, 4) is 11.3 Å². The number of hydrogen-bond acceptors (Lipinski definition) is 7. The molecule has 8 nitrogen and oxygen atoms in total.